The van der Waals surface area contributed by atoms with E-state index >= 15 is 0 Å². The average Bonchev–Trinajstić information content (AvgIpc) is 3.21. The molecular weight excluding hydrogens is 244 g/mol. The molecule has 1 heterocycles. The maximum absolute atomic E-state index is 6.47. The Morgan fingerprint density at radius 1 is 1.05 bits per heavy atom. The van der Waals surface area contributed by atoms with Gasteiger partial charge in [0.05, 0.1) is 5.52 Å². The maximum atomic E-state index is 6.47. The van der Waals surface area contributed by atoms with Crippen molar-refractivity contribution in [2.45, 2.75) is 38.1 Å². The van der Waals surface area contributed by atoms with Crippen molar-refractivity contribution in [2.75, 3.05) is 0 Å². The molecular formula is C18H22N2. The largest absolute Gasteiger partial charge is 0.327 e. The van der Waals surface area contributed by atoms with Gasteiger partial charge in [-0.3, -0.25) is 4.98 Å². The van der Waals surface area contributed by atoms with E-state index in [1.165, 1.54) is 31.1 Å². The number of nitrogens with two attached hydrogens (primary N) is 1. The fourth-order valence-electron chi connectivity index (χ4n) is 4.28. The molecule has 0 amide bonds. The minimum absolute atomic E-state index is 0.303. The number of para-hydroxylation sites is 1. The predicted octanol–water partition coefficient (Wildman–Crippen LogP) is 3.54. The lowest BCUT2D eigenvalue weighted by molar-refractivity contribution is 0.480. The van der Waals surface area contributed by atoms with Crippen LogP contribution in [0.5, 0.6) is 0 Å². The van der Waals surface area contributed by atoms with Crippen molar-refractivity contribution in [3.05, 3.63) is 42.1 Å². The zero-order valence-corrected chi connectivity index (χ0v) is 11.8. The zero-order chi connectivity index (χ0) is 13.5. The SMILES string of the molecule is NC(Cc1ccc2ccccc2n1)C1C2CCCCC21. The molecule has 104 valence electrons. The summed E-state index contributed by atoms with van der Waals surface area (Å²) >= 11 is 0. The molecule has 4 rings (SSSR count). The van der Waals surface area contributed by atoms with Crippen LogP contribution in [0.1, 0.15) is 31.4 Å². The van der Waals surface area contributed by atoms with E-state index in [0.29, 0.717) is 6.04 Å². The third kappa shape index (κ3) is 2.12. The quantitative estimate of drug-likeness (QED) is 0.923. The normalized spacial score (nSPS) is 29.9. The van der Waals surface area contributed by atoms with Crippen molar-refractivity contribution < 1.29 is 0 Å². The van der Waals surface area contributed by atoms with Gasteiger partial charge in [0.15, 0.2) is 0 Å². The Morgan fingerprint density at radius 2 is 1.80 bits per heavy atom. The number of benzene rings is 1. The fraction of sp³-hybridized carbons (Fsp3) is 0.500. The van der Waals surface area contributed by atoms with Gasteiger partial charge in [-0.2, -0.15) is 0 Å². The summed E-state index contributed by atoms with van der Waals surface area (Å²) in [5.41, 5.74) is 8.72. The Kier molecular flexibility index (Phi) is 2.99. The molecule has 2 heteroatoms. The standard InChI is InChI=1S/C18H22N2/c19-16(18-14-6-2-3-7-15(14)18)11-13-10-9-12-5-1-4-8-17(12)20-13/h1,4-5,8-10,14-16,18H,2-3,6-7,11,19H2. The maximum Gasteiger partial charge on any atom is 0.0705 e. The zero-order valence-electron chi connectivity index (χ0n) is 11.8. The van der Waals surface area contributed by atoms with Crippen LogP contribution >= 0.6 is 0 Å². The number of hydrogen-bond acceptors (Lipinski definition) is 2. The molecule has 2 nitrogen and oxygen atoms in total. The van der Waals surface area contributed by atoms with Crippen LogP contribution in [0, 0.1) is 17.8 Å². The van der Waals surface area contributed by atoms with Crippen LogP contribution in [0.15, 0.2) is 36.4 Å². The summed E-state index contributed by atoms with van der Waals surface area (Å²) in [6.07, 6.45) is 6.59. The summed E-state index contributed by atoms with van der Waals surface area (Å²) in [5.74, 6) is 2.63. The number of rotatable bonds is 3. The molecule has 0 bridgehead atoms. The van der Waals surface area contributed by atoms with Gasteiger partial charge in [-0.05, 0) is 42.7 Å². The molecule has 2 aromatic rings. The van der Waals surface area contributed by atoms with Crippen molar-refractivity contribution in [2.24, 2.45) is 23.5 Å². The van der Waals surface area contributed by atoms with Crippen molar-refractivity contribution >= 4 is 10.9 Å². The molecule has 2 N–H and O–H groups in total. The molecule has 2 aliphatic carbocycles. The summed E-state index contributed by atoms with van der Waals surface area (Å²) in [4.78, 5) is 4.76. The molecule has 1 aromatic heterocycles. The predicted molar refractivity (Wildman–Crippen MR) is 82.4 cm³/mol. The molecule has 20 heavy (non-hydrogen) atoms. The minimum atomic E-state index is 0.303. The van der Waals surface area contributed by atoms with Gasteiger partial charge >= 0.3 is 0 Å². The number of fused-ring (bicyclic) bond motifs is 2. The van der Waals surface area contributed by atoms with Crippen molar-refractivity contribution in [3.63, 3.8) is 0 Å². The van der Waals surface area contributed by atoms with Gasteiger partial charge in [0, 0.05) is 23.5 Å². The van der Waals surface area contributed by atoms with E-state index in [0.717, 1.165) is 35.4 Å². The van der Waals surface area contributed by atoms with E-state index in [1.54, 1.807) is 0 Å². The first-order valence-electron chi connectivity index (χ1n) is 7.93. The third-order valence-corrected chi connectivity index (χ3v) is 5.32. The first-order chi connectivity index (χ1) is 9.83. The molecule has 1 aromatic carbocycles. The van der Waals surface area contributed by atoms with Crippen molar-refractivity contribution in [1.29, 1.82) is 0 Å². The molecule has 0 saturated heterocycles. The van der Waals surface area contributed by atoms with E-state index in [1.807, 2.05) is 0 Å². The lowest BCUT2D eigenvalue weighted by Gasteiger charge is -2.11. The monoisotopic (exact) mass is 266 g/mol. The number of nitrogens with zero attached hydrogens (tertiary/aromatic N) is 1. The van der Waals surface area contributed by atoms with Gasteiger partial charge in [0.2, 0.25) is 0 Å². The summed E-state index contributed by atoms with van der Waals surface area (Å²) in [5, 5.41) is 1.21. The Morgan fingerprint density at radius 3 is 2.60 bits per heavy atom. The Labute approximate surface area is 120 Å². The van der Waals surface area contributed by atoms with Crippen molar-refractivity contribution in [1.82, 2.24) is 4.98 Å². The van der Waals surface area contributed by atoms with Gasteiger partial charge in [0.1, 0.15) is 0 Å². The number of aromatic nitrogens is 1. The van der Waals surface area contributed by atoms with Crippen LogP contribution in [-0.4, -0.2) is 11.0 Å². The van der Waals surface area contributed by atoms with E-state index in [-0.39, 0.29) is 0 Å². The highest BCUT2D eigenvalue weighted by molar-refractivity contribution is 5.78. The van der Waals surface area contributed by atoms with Gasteiger partial charge in [-0.1, -0.05) is 37.1 Å². The smallest absolute Gasteiger partial charge is 0.0705 e. The van der Waals surface area contributed by atoms with Crippen LogP contribution in [0.2, 0.25) is 0 Å². The first kappa shape index (κ1) is 12.3. The Bertz CT molecular complexity index is 610. The molecule has 3 unspecified atom stereocenters. The second-order valence-corrected chi connectivity index (χ2v) is 6.55. The highest BCUT2D eigenvalue weighted by Gasteiger charge is 2.52. The van der Waals surface area contributed by atoms with Gasteiger partial charge in [-0.15, -0.1) is 0 Å². The minimum Gasteiger partial charge on any atom is -0.327 e. The van der Waals surface area contributed by atoms with Crippen LogP contribution < -0.4 is 5.73 Å². The fourth-order valence-corrected chi connectivity index (χ4v) is 4.28. The van der Waals surface area contributed by atoms with Crippen LogP contribution in [0.25, 0.3) is 10.9 Å². The summed E-state index contributed by atoms with van der Waals surface area (Å²) in [6, 6.07) is 12.9. The average molecular weight is 266 g/mol. The van der Waals surface area contributed by atoms with E-state index < -0.39 is 0 Å². The summed E-state index contributed by atoms with van der Waals surface area (Å²) in [6.45, 7) is 0. The van der Waals surface area contributed by atoms with Crippen LogP contribution in [-0.2, 0) is 6.42 Å². The second-order valence-electron chi connectivity index (χ2n) is 6.55. The van der Waals surface area contributed by atoms with Gasteiger partial charge in [0.25, 0.3) is 0 Å². The van der Waals surface area contributed by atoms with E-state index in [4.69, 9.17) is 10.7 Å². The van der Waals surface area contributed by atoms with E-state index in [9.17, 15) is 0 Å². The molecule has 0 radical (unpaired) electrons. The third-order valence-electron chi connectivity index (χ3n) is 5.32. The lowest BCUT2D eigenvalue weighted by atomic mass is 10.0. The number of pyridine rings is 1. The first-order valence-corrected chi connectivity index (χ1v) is 7.93. The number of hydrogen-bond donors (Lipinski definition) is 1. The molecule has 2 fully saturated rings. The van der Waals surface area contributed by atoms with E-state index in [2.05, 4.69) is 36.4 Å². The highest BCUT2D eigenvalue weighted by Crippen LogP contribution is 2.56. The topological polar surface area (TPSA) is 38.9 Å². The lowest BCUT2D eigenvalue weighted by Crippen LogP contribution is -2.27. The van der Waals surface area contributed by atoms with Gasteiger partial charge in [-0.25, -0.2) is 0 Å². The van der Waals surface area contributed by atoms with Gasteiger partial charge < -0.3 is 5.73 Å². The highest BCUT2D eigenvalue weighted by atomic mass is 14.8. The van der Waals surface area contributed by atoms with Crippen molar-refractivity contribution in [3.8, 4) is 0 Å². The van der Waals surface area contributed by atoms with Crippen LogP contribution in [0.4, 0.5) is 0 Å². The summed E-state index contributed by atoms with van der Waals surface area (Å²) in [7, 11) is 0. The molecule has 2 saturated carbocycles. The molecule has 0 aliphatic heterocycles. The summed E-state index contributed by atoms with van der Waals surface area (Å²) < 4.78 is 0. The molecule has 2 aliphatic rings. The Hall–Kier alpha value is -1.41. The Balaban J connectivity index is 1.50. The molecule has 0 spiro atoms. The second kappa shape index (κ2) is 4.85. The van der Waals surface area contributed by atoms with Crippen LogP contribution in [0.3, 0.4) is 0 Å². The molecule has 3 atom stereocenters.